The van der Waals surface area contributed by atoms with Crippen LogP contribution in [0.4, 0.5) is 10.1 Å². The van der Waals surface area contributed by atoms with Crippen LogP contribution in [0.5, 0.6) is 0 Å². The Hall–Kier alpha value is -2.38. The number of hydrogen-bond acceptors (Lipinski definition) is 5. The van der Waals surface area contributed by atoms with Crippen LogP contribution >= 0.6 is 0 Å². The summed E-state index contributed by atoms with van der Waals surface area (Å²) >= 11 is 0. The van der Waals surface area contributed by atoms with E-state index >= 15 is 0 Å². The van der Waals surface area contributed by atoms with Gasteiger partial charge in [0.15, 0.2) is 0 Å². The van der Waals surface area contributed by atoms with E-state index in [9.17, 15) is 9.18 Å². The van der Waals surface area contributed by atoms with Crippen molar-refractivity contribution in [3.05, 3.63) is 53.9 Å². The number of ether oxygens (including phenoxy) is 1. The van der Waals surface area contributed by atoms with E-state index in [-0.39, 0.29) is 18.3 Å². The van der Waals surface area contributed by atoms with Gasteiger partial charge in [-0.25, -0.2) is 14.4 Å². The molecule has 2 aromatic rings. The zero-order valence-electron chi connectivity index (χ0n) is 15.4. The van der Waals surface area contributed by atoms with Crippen molar-refractivity contribution in [1.82, 2.24) is 14.9 Å². The van der Waals surface area contributed by atoms with Crippen LogP contribution < -0.4 is 4.90 Å². The third-order valence-corrected chi connectivity index (χ3v) is 5.21. The zero-order valence-corrected chi connectivity index (χ0v) is 15.4. The molecule has 1 unspecified atom stereocenters. The lowest BCUT2D eigenvalue weighted by Gasteiger charge is -2.47. The minimum absolute atomic E-state index is 0.0248. The van der Waals surface area contributed by atoms with E-state index in [2.05, 4.69) is 14.9 Å². The van der Waals surface area contributed by atoms with Gasteiger partial charge in [0, 0.05) is 25.0 Å². The number of benzene rings is 1. The highest BCUT2D eigenvalue weighted by Crippen LogP contribution is 2.32. The monoisotopic (exact) mass is 370 g/mol. The van der Waals surface area contributed by atoms with Gasteiger partial charge in [0.1, 0.15) is 18.2 Å². The molecule has 1 aromatic carbocycles. The molecule has 0 aliphatic carbocycles. The number of piperidine rings is 1. The fourth-order valence-electron chi connectivity index (χ4n) is 3.99. The van der Waals surface area contributed by atoms with Gasteiger partial charge in [-0.15, -0.1) is 0 Å². The molecule has 1 aromatic heterocycles. The minimum atomic E-state index is -0.430. The smallest absolute Gasteiger partial charge is 0.253 e. The minimum Gasteiger partial charge on any atom is -0.362 e. The maximum Gasteiger partial charge on any atom is 0.253 e. The summed E-state index contributed by atoms with van der Waals surface area (Å²) in [4.78, 5) is 25.0. The highest BCUT2D eigenvalue weighted by Gasteiger charge is 2.43. The van der Waals surface area contributed by atoms with E-state index in [4.69, 9.17) is 4.74 Å². The van der Waals surface area contributed by atoms with Gasteiger partial charge in [-0.05, 0) is 50.6 Å². The summed E-state index contributed by atoms with van der Waals surface area (Å²) in [6.45, 7) is 4.75. The molecule has 0 saturated carbocycles. The Bertz CT molecular complexity index is 846. The van der Waals surface area contributed by atoms with Crippen molar-refractivity contribution in [1.29, 1.82) is 0 Å². The van der Waals surface area contributed by atoms with Crippen molar-refractivity contribution < 1.29 is 13.9 Å². The predicted octanol–water partition coefficient (Wildman–Crippen LogP) is 2.32. The summed E-state index contributed by atoms with van der Waals surface area (Å²) in [7, 11) is 0. The van der Waals surface area contributed by atoms with Crippen LogP contribution in [0.25, 0.3) is 0 Å². The van der Waals surface area contributed by atoms with Crippen LogP contribution in [0.2, 0.25) is 0 Å². The highest BCUT2D eigenvalue weighted by atomic mass is 19.1. The molecule has 27 heavy (non-hydrogen) atoms. The van der Waals surface area contributed by atoms with Crippen molar-refractivity contribution in [3.8, 4) is 0 Å². The maximum absolute atomic E-state index is 13.6. The number of halogens is 1. The molecule has 2 saturated heterocycles. The van der Waals surface area contributed by atoms with Gasteiger partial charge < -0.3 is 9.64 Å². The van der Waals surface area contributed by atoms with Crippen LogP contribution in [-0.4, -0.2) is 52.6 Å². The quantitative estimate of drug-likeness (QED) is 0.830. The third kappa shape index (κ3) is 3.99. The van der Waals surface area contributed by atoms with E-state index in [1.165, 1.54) is 12.1 Å². The van der Waals surface area contributed by atoms with E-state index in [0.717, 1.165) is 44.0 Å². The molecule has 0 N–H and O–H groups in total. The molecule has 7 heteroatoms. The Balaban J connectivity index is 1.51. The Labute approximate surface area is 158 Å². The molecule has 1 spiro atoms. The second-order valence-electron chi connectivity index (χ2n) is 7.34. The number of aromatic nitrogens is 2. The lowest BCUT2D eigenvalue weighted by molar-refractivity contribution is -0.146. The first-order valence-corrected chi connectivity index (χ1v) is 9.24. The molecular formula is C20H23FN4O2. The number of morpholine rings is 1. The molecule has 6 nitrogen and oxygen atoms in total. The van der Waals surface area contributed by atoms with Crippen LogP contribution in [-0.2, 0) is 16.1 Å². The molecule has 2 fully saturated rings. The standard InChI is InChI=1S/C20H23FN4O2/c1-15-22-8-6-17(23-15)11-24-9-3-7-20(13-24)14-25(19(26)12-27-20)18-5-2-4-16(21)10-18/h2,4-6,8,10H,3,7,9,11-14H2,1H3. The predicted molar refractivity (Wildman–Crippen MR) is 98.7 cm³/mol. The van der Waals surface area contributed by atoms with Gasteiger partial charge in [0.05, 0.1) is 17.8 Å². The summed E-state index contributed by atoms with van der Waals surface area (Å²) in [5, 5.41) is 0. The number of amides is 1. The van der Waals surface area contributed by atoms with E-state index in [0.29, 0.717) is 12.2 Å². The highest BCUT2D eigenvalue weighted by molar-refractivity contribution is 5.95. The number of carbonyl (C=O) groups is 1. The summed E-state index contributed by atoms with van der Waals surface area (Å²) < 4.78 is 19.7. The number of rotatable bonds is 3. The molecule has 1 atom stereocenters. The molecule has 3 heterocycles. The molecule has 1 amide bonds. The van der Waals surface area contributed by atoms with Crippen LogP contribution in [0, 0.1) is 12.7 Å². The van der Waals surface area contributed by atoms with Crippen molar-refractivity contribution in [2.45, 2.75) is 31.9 Å². The fourth-order valence-corrected chi connectivity index (χ4v) is 3.99. The number of anilines is 1. The van der Waals surface area contributed by atoms with Gasteiger partial charge in [0.25, 0.3) is 5.91 Å². The van der Waals surface area contributed by atoms with Crippen LogP contribution in [0.1, 0.15) is 24.4 Å². The van der Waals surface area contributed by atoms with E-state index < -0.39 is 5.60 Å². The van der Waals surface area contributed by atoms with Gasteiger partial charge >= 0.3 is 0 Å². The number of hydrogen-bond donors (Lipinski definition) is 0. The van der Waals surface area contributed by atoms with Crippen LogP contribution in [0.3, 0.4) is 0 Å². The fraction of sp³-hybridized carbons (Fsp3) is 0.450. The Kier molecular flexibility index (Phi) is 4.88. The molecule has 0 bridgehead atoms. The lowest BCUT2D eigenvalue weighted by Crippen LogP contribution is -2.61. The number of aryl methyl sites for hydroxylation is 1. The van der Waals surface area contributed by atoms with E-state index in [1.54, 1.807) is 23.2 Å². The first kappa shape index (κ1) is 18.0. The van der Waals surface area contributed by atoms with Gasteiger partial charge in [0.2, 0.25) is 0 Å². The zero-order chi connectivity index (χ0) is 18.9. The lowest BCUT2D eigenvalue weighted by atomic mass is 9.90. The first-order chi connectivity index (χ1) is 13.0. The van der Waals surface area contributed by atoms with E-state index in [1.807, 2.05) is 13.0 Å². The summed E-state index contributed by atoms with van der Waals surface area (Å²) in [6, 6.07) is 8.12. The van der Waals surface area contributed by atoms with Crippen molar-refractivity contribution in [2.75, 3.05) is 31.1 Å². The average Bonchev–Trinajstić information content (AvgIpc) is 2.64. The maximum atomic E-state index is 13.6. The Morgan fingerprint density at radius 3 is 3.00 bits per heavy atom. The molecular weight excluding hydrogens is 347 g/mol. The third-order valence-electron chi connectivity index (χ3n) is 5.21. The normalized spacial score (nSPS) is 23.8. The van der Waals surface area contributed by atoms with Gasteiger partial charge in [-0.2, -0.15) is 0 Å². The Morgan fingerprint density at radius 2 is 2.19 bits per heavy atom. The number of likely N-dealkylation sites (tertiary alicyclic amines) is 1. The SMILES string of the molecule is Cc1nccc(CN2CCCC3(C2)CN(c2cccc(F)c2)C(=O)CO3)n1. The summed E-state index contributed by atoms with van der Waals surface area (Å²) in [6.07, 6.45) is 3.64. The second-order valence-corrected chi connectivity index (χ2v) is 7.34. The second kappa shape index (κ2) is 7.32. The van der Waals surface area contributed by atoms with Crippen molar-refractivity contribution in [3.63, 3.8) is 0 Å². The molecule has 2 aliphatic rings. The average molecular weight is 370 g/mol. The number of carbonyl (C=O) groups excluding carboxylic acids is 1. The Morgan fingerprint density at radius 1 is 1.30 bits per heavy atom. The molecule has 2 aliphatic heterocycles. The molecule has 142 valence electrons. The van der Waals surface area contributed by atoms with Crippen LogP contribution in [0.15, 0.2) is 36.5 Å². The van der Waals surface area contributed by atoms with Crippen molar-refractivity contribution in [2.24, 2.45) is 0 Å². The molecule has 0 radical (unpaired) electrons. The summed E-state index contributed by atoms with van der Waals surface area (Å²) in [5.41, 5.74) is 1.14. The number of nitrogens with zero attached hydrogens (tertiary/aromatic N) is 4. The van der Waals surface area contributed by atoms with Crippen molar-refractivity contribution >= 4 is 11.6 Å². The first-order valence-electron chi connectivity index (χ1n) is 9.24. The van der Waals surface area contributed by atoms with Gasteiger partial charge in [-0.3, -0.25) is 9.69 Å². The van der Waals surface area contributed by atoms with Gasteiger partial charge in [-0.1, -0.05) is 6.07 Å². The summed E-state index contributed by atoms with van der Waals surface area (Å²) in [5.74, 6) is 0.288. The largest absolute Gasteiger partial charge is 0.362 e. The molecule has 4 rings (SSSR count). The topological polar surface area (TPSA) is 58.6 Å².